The second-order valence-electron chi connectivity index (χ2n) is 9.36. The van der Waals surface area contributed by atoms with Crippen LogP contribution in [0.5, 0.6) is 0 Å². The largest absolute Gasteiger partial charge is 0.409 e. The van der Waals surface area contributed by atoms with Crippen molar-refractivity contribution in [2.75, 3.05) is 4.98 Å². The normalized spacial score (nSPS) is 14.1. The summed E-state index contributed by atoms with van der Waals surface area (Å²) >= 11 is 2.13. The van der Waals surface area contributed by atoms with Gasteiger partial charge in [-0.1, -0.05) is 79.9 Å². The van der Waals surface area contributed by atoms with Crippen LogP contribution in [0.4, 0.5) is 5.69 Å². The smallest absolute Gasteiger partial charge is 0.152 e. The average molecular weight is 354 g/mol. The zero-order chi connectivity index (χ0) is 17.4. The van der Waals surface area contributed by atoms with Crippen molar-refractivity contribution in [3.63, 3.8) is 0 Å². The highest BCUT2D eigenvalue weighted by Crippen LogP contribution is 2.48. The van der Waals surface area contributed by atoms with Crippen molar-refractivity contribution >= 4 is 32.4 Å². The third-order valence-electron chi connectivity index (χ3n) is 5.38. The summed E-state index contributed by atoms with van der Waals surface area (Å²) in [7, 11) is -2.95. The van der Waals surface area contributed by atoms with Gasteiger partial charge in [0.15, 0.2) is 8.24 Å². The van der Waals surface area contributed by atoms with Crippen molar-refractivity contribution in [3.05, 3.63) is 24.3 Å². The molecule has 22 heavy (non-hydrogen) atoms. The summed E-state index contributed by atoms with van der Waals surface area (Å²) < 4.78 is 0. The van der Waals surface area contributed by atoms with Crippen molar-refractivity contribution in [3.8, 4) is 0 Å². The molecule has 0 aliphatic heterocycles. The number of nitrogens with one attached hydrogen (secondary N) is 1. The Labute approximate surface area is 144 Å². The van der Waals surface area contributed by atoms with E-state index >= 15 is 0 Å². The summed E-state index contributed by atoms with van der Waals surface area (Å²) in [5, 5.41) is 0.726. The molecular weight excluding hydrogens is 318 g/mol. The van der Waals surface area contributed by atoms with Gasteiger partial charge in [0.05, 0.1) is 0 Å². The van der Waals surface area contributed by atoms with Crippen molar-refractivity contribution in [2.24, 2.45) is 0 Å². The minimum absolute atomic E-state index is 0.335. The third-order valence-corrected chi connectivity index (χ3v) is 18.8. The first-order valence-electron chi connectivity index (χ1n) is 8.24. The summed E-state index contributed by atoms with van der Waals surface area (Å²) in [5.74, 6) is 0. The second kappa shape index (κ2) is 6.36. The first kappa shape index (κ1) is 19.8. The molecule has 1 nitrogen and oxygen atoms in total. The Balaban J connectivity index is 3.12. The van der Waals surface area contributed by atoms with Crippen molar-refractivity contribution in [1.82, 2.24) is 0 Å². The molecule has 0 fully saturated rings. The predicted molar refractivity (Wildman–Crippen MR) is 110 cm³/mol. The molecule has 4 heteroatoms. The number of benzene rings is 1. The van der Waals surface area contributed by atoms with Crippen molar-refractivity contribution in [2.45, 2.75) is 82.7 Å². The Morgan fingerprint density at radius 3 is 1.77 bits per heavy atom. The summed E-state index contributed by atoms with van der Waals surface area (Å²) in [5.41, 5.74) is 1.34. The topological polar surface area (TPSA) is 12.0 Å². The lowest BCUT2D eigenvalue weighted by molar-refractivity contribution is 0.723. The van der Waals surface area contributed by atoms with Gasteiger partial charge in [-0.05, 0) is 22.2 Å². The summed E-state index contributed by atoms with van der Waals surface area (Å²) in [6, 6.07) is 8.88. The fourth-order valence-corrected chi connectivity index (χ4v) is 7.30. The van der Waals surface area contributed by atoms with E-state index in [9.17, 15) is 0 Å². The molecule has 0 radical (unpaired) electrons. The van der Waals surface area contributed by atoms with E-state index in [0.717, 1.165) is 0 Å². The number of rotatable bonds is 4. The maximum Gasteiger partial charge on any atom is 0.152 e. The van der Waals surface area contributed by atoms with E-state index in [0.29, 0.717) is 10.1 Å². The van der Waals surface area contributed by atoms with Crippen LogP contribution in [0.15, 0.2) is 29.2 Å². The van der Waals surface area contributed by atoms with Gasteiger partial charge in [-0.3, -0.25) is 0 Å². The van der Waals surface area contributed by atoms with E-state index in [1.54, 1.807) is 0 Å². The van der Waals surface area contributed by atoms with Gasteiger partial charge in [0.2, 0.25) is 0 Å². The molecule has 0 heterocycles. The lowest BCUT2D eigenvalue weighted by Gasteiger charge is -2.40. The molecule has 0 amide bonds. The molecule has 0 saturated heterocycles. The summed E-state index contributed by atoms with van der Waals surface area (Å²) in [6.07, 6.45) is 0. The van der Waals surface area contributed by atoms with E-state index in [2.05, 4.69) is 108 Å². The van der Waals surface area contributed by atoms with Crippen LogP contribution in [0.2, 0.25) is 36.3 Å². The molecular formula is C18H35NSSi2. The van der Waals surface area contributed by atoms with Crippen LogP contribution < -0.4 is 4.98 Å². The highest BCUT2D eigenvalue weighted by Gasteiger charge is 2.39. The summed E-state index contributed by atoms with van der Waals surface area (Å²) in [6.45, 7) is 24.1. The van der Waals surface area contributed by atoms with E-state index in [1.807, 2.05) is 0 Å². The monoisotopic (exact) mass is 353 g/mol. The van der Waals surface area contributed by atoms with Gasteiger partial charge >= 0.3 is 0 Å². The molecule has 126 valence electrons. The molecule has 0 aliphatic carbocycles. The summed E-state index contributed by atoms with van der Waals surface area (Å²) in [4.78, 5) is 5.37. The minimum Gasteiger partial charge on any atom is -0.409 e. The van der Waals surface area contributed by atoms with E-state index < -0.39 is 15.5 Å². The fourth-order valence-electron chi connectivity index (χ4n) is 1.61. The molecule has 0 aliphatic rings. The van der Waals surface area contributed by atoms with Crippen molar-refractivity contribution in [1.29, 1.82) is 0 Å². The first-order valence-corrected chi connectivity index (χ1v) is 15.8. The molecule has 0 atom stereocenters. The standard InChI is InChI=1S/C18H35NSSi2/c1-17(2,3)21(7,8)19-15-13-11-12-14-16(15)20-22(9,10)18(4,5)6/h11-14,19H,1-10H3. The number of para-hydroxylation sites is 1. The second-order valence-corrected chi connectivity index (χ2v) is 23.2. The highest BCUT2D eigenvalue weighted by atomic mass is 32.4. The Kier molecular flexibility index (Phi) is 5.74. The van der Waals surface area contributed by atoms with Crippen LogP contribution in [0.1, 0.15) is 41.5 Å². The van der Waals surface area contributed by atoms with Gasteiger partial charge in [0.1, 0.15) is 7.22 Å². The quantitative estimate of drug-likeness (QED) is 0.574. The highest BCUT2D eigenvalue weighted by molar-refractivity contribution is 8.29. The fraction of sp³-hybridized carbons (Fsp3) is 0.667. The van der Waals surface area contributed by atoms with Gasteiger partial charge in [0, 0.05) is 10.6 Å². The van der Waals surface area contributed by atoms with Gasteiger partial charge in [-0.15, -0.1) is 11.2 Å². The maximum atomic E-state index is 3.94. The van der Waals surface area contributed by atoms with Crippen molar-refractivity contribution < 1.29 is 0 Å². The zero-order valence-corrected chi connectivity index (χ0v) is 19.0. The Hall–Kier alpha value is -0.196. The van der Waals surface area contributed by atoms with Crippen LogP contribution in [-0.4, -0.2) is 15.5 Å². The maximum absolute atomic E-state index is 3.94. The van der Waals surface area contributed by atoms with Gasteiger partial charge in [-0.25, -0.2) is 0 Å². The van der Waals surface area contributed by atoms with Crippen LogP contribution in [0, 0.1) is 0 Å². The van der Waals surface area contributed by atoms with Gasteiger partial charge in [0.25, 0.3) is 0 Å². The van der Waals surface area contributed by atoms with Crippen LogP contribution in [0.3, 0.4) is 0 Å². The van der Waals surface area contributed by atoms with Gasteiger partial charge < -0.3 is 4.98 Å². The zero-order valence-electron chi connectivity index (χ0n) is 16.2. The SMILES string of the molecule is CC(C)(C)[Si](C)(C)Nc1ccccc1S[Si](C)(C)C(C)(C)C. The first-order chi connectivity index (χ1) is 9.67. The Morgan fingerprint density at radius 2 is 1.32 bits per heavy atom. The van der Waals surface area contributed by atoms with Crippen LogP contribution in [0.25, 0.3) is 0 Å². The molecule has 0 spiro atoms. The predicted octanol–water partition coefficient (Wildman–Crippen LogP) is 7.20. The van der Waals surface area contributed by atoms with E-state index in [4.69, 9.17) is 0 Å². The molecule has 0 saturated carbocycles. The third kappa shape index (κ3) is 4.65. The minimum atomic E-state index is -1.55. The molecule has 0 unspecified atom stereocenters. The molecule has 1 rings (SSSR count). The Bertz CT molecular complexity index is 464. The van der Waals surface area contributed by atoms with Gasteiger partial charge in [-0.2, -0.15) is 0 Å². The lowest BCUT2D eigenvalue weighted by Crippen LogP contribution is -2.46. The Morgan fingerprint density at radius 1 is 0.818 bits per heavy atom. The molecule has 1 N–H and O–H groups in total. The van der Waals surface area contributed by atoms with Crippen LogP contribution in [-0.2, 0) is 0 Å². The molecule has 0 bridgehead atoms. The van der Waals surface area contributed by atoms with E-state index in [-0.39, 0.29) is 0 Å². The molecule has 1 aromatic carbocycles. The number of hydrogen-bond donors (Lipinski definition) is 1. The average Bonchev–Trinajstić information content (AvgIpc) is 2.28. The van der Waals surface area contributed by atoms with Crippen LogP contribution >= 0.6 is 11.2 Å². The number of hydrogen-bond acceptors (Lipinski definition) is 2. The van der Waals surface area contributed by atoms with E-state index in [1.165, 1.54) is 10.6 Å². The molecule has 0 aromatic heterocycles. The molecule has 1 aromatic rings. The lowest BCUT2D eigenvalue weighted by atomic mass is 10.2. The number of anilines is 1.